The van der Waals surface area contributed by atoms with Gasteiger partial charge in [-0.3, -0.25) is 14.4 Å². The Bertz CT molecular complexity index is 1220. The van der Waals surface area contributed by atoms with Crippen LogP contribution in [-0.4, -0.2) is 45.9 Å². The lowest BCUT2D eigenvalue weighted by Gasteiger charge is -2.31. The molecule has 3 amide bonds. The minimum absolute atomic E-state index is 0.0271. The Balaban J connectivity index is 1.26. The summed E-state index contributed by atoms with van der Waals surface area (Å²) in [6.45, 7) is 5.01. The van der Waals surface area contributed by atoms with Crippen LogP contribution in [0.2, 0.25) is 0 Å². The summed E-state index contributed by atoms with van der Waals surface area (Å²) in [6, 6.07) is 11.3. The number of hydrogen-bond acceptors (Lipinski definition) is 6. The fraction of sp³-hybridized carbons (Fsp3) is 0.320. The summed E-state index contributed by atoms with van der Waals surface area (Å²) in [7, 11) is 0. The van der Waals surface area contributed by atoms with E-state index in [0.29, 0.717) is 38.0 Å². The monoisotopic (exact) mass is 495 g/mol. The summed E-state index contributed by atoms with van der Waals surface area (Å²) in [6.07, 6.45) is 1.83. The van der Waals surface area contributed by atoms with E-state index < -0.39 is 11.7 Å². The molecule has 1 aromatic heterocycles. The van der Waals surface area contributed by atoms with Crippen LogP contribution < -0.4 is 10.6 Å². The van der Waals surface area contributed by atoms with E-state index in [-0.39, 0.29) is 27.7 Å². The Morgan fingerprint density at radius 3 is 2.23 bits per heavy atom. The van der Waals surface area contributed by atoms with Gasteiger partial charge in [0.25, 0.3) is 11.8 Å². The molecule has 0 radical (unpaired) electrons. The third-order valence-electron chi connectivity index (χ3n) is 5.79. The van der Waals surface area contributed by atoms with Gasteiger partial charge >= 0.3 is 0 Å². The summed E-state index contributed by atoms with van der Waals surface area (Å²) in [5.74, 6) is -1.03. The van der Waals surface area contributed by atoms with Gasteiger partial charge in [0, 0.05) is 30.9 Å². The first-order valence-corrected chi connectivity index (χ1v) is 12.2. The minimum Gasteiger partial charge on any atom is -0.337 e. The maximum atomic E-state index is 13.0. The van der Waals surface area contributed by atoms with Gasteiger partial charge in [-0.05, 0) is 80.1 Å². The average molecular weight is 496 g/mol. The lowest BCUT2D eigenvalue weighted by Crippen LogP contribution is -2.39. The molecule has 0 saturated carbocycles. The lowest BCUT2D eigenvalue weighted by atomic mass is 9.93. The summed E-state index contributed by atoms with van der Waals surface area (Å²) < 4.78 is 13.0. The van der Waals surface area contributed by atoms with E-state index in [2.05, 4.69) is 26.9 Å². The normalized spacial score (nSPS) is 14.0. The molecule has 1 aliphatic rings. The molecule has 1 aliphatic heterocycles. The van der Waals surface area contributed by atoms with Crippen molar-refractivity contribution in [1.29, 1.82) is 0 Å². The summed E-state index contributed by atoms with van der Waals surface area (Å²) in [5.41, 5.74) is 3.42. The van der Waals surface area contributed by atoms with Crippen molar-refractivity contribution in [2.75, 3.05) is 23.7 Å². The van der Waals surface area contributed by atoms with E-state index in [1.807, 2.05) is 26.0 Å². The smallest absolute Gasteiger partial charge is 0.286 e. The fourth-order valence-electron chi connectivity index (χ4n) is 4.12. The number of likely N-dealkylation sites (tertiary alicyclic amines) is 1. The van der Waals surface area contributed by atoms with Crippen molar-refractivity contribution in [3.8, 4) is 0 Å². The number of nitrogens with zero attached hydrogens (tertiary/aromatic N) is 3. The molecule has 0 aliphatic carbocycles. The molecule has 1 fully saturated rings. The van der Waals surface area contributed by atoms with Crippen LogP contribution in [0.3, 0.4) is 0 Å². The molecule has 0 spiro atoms. The number of carbonyl (C=O) groups excluding carboxylic acids is 3. The highest BCUT2D eigenvalue weighted by molar-refractivity contribution is 7.15. The zero-order valence-corrected chi connectivity index (χ0v) is 20.3. The number of amides is 3. The van der Waals surface area contributed by atoms with Crippen molar-refractivity contribution in [2.24, 2.45) is 5.92 Å². The molecule has 182 valence electrons. The van der Waals surface area contributed by atoms with Crippen LogP contribution in [0.1, 0.15) is 50.0 Å². The Morgan fingerprint density at radius 1 is 0.943 bits per heavy atom. The zero-order chi connectivity index (χ0) is 24.9. The Labute approximate surface area is 206 Å². The lowest BCUT2D eigenvalue weighted by molar-refractivity contribution is -0.117. The van der Waals surface area contributed by atoms with Crippen LogP contribution in [0.4, 0.5) is 15.8 Å². The second-order valence-corrected chi connectivity index (χ2v) is 9.72. The molecule has 35 heavy (non-hydrogen) atoms. The fourth-order valence-corrected chi connectivity index (χ4v) is 4.82. The Kier molecular flexibility index (Phi) is 7.50. The van der Waals surface area contributed by atoms with Gasteiger partial charge in [0.15, 0.2) is 0 Å². The van der Waals surface area contributed by atoms with Crippen molar-refractivity contribution in [1.82, 2.24) is 15.1 Å². The first kappa shape index (κ1) is 24.5. The number of rotatable bonds is 6. The maximum absolute atomic E-state index is 13.0. The molecule has 8 nitrogen and oxygen atoms in total. The number of hydrogen-bond donors (Lipinski definition) is 2. The Hall–Kier alpha value is -3.66. The van der Waals surface area contributed by atoms with Crippen LogP contribution in [0.25, 0.3) is 0 Å². The van der Waals surface area contributed by atoms with Crippen LogP contribution in [-0.2, 0) is 4.79 Å². The van der Waals surface area contributed by atoms with Gasteiger partial charge in [0.05, 0.1) is 0 Å². The maximum Gasteiger partial charge on any atom is 0.286 e. The van der Waals surface area contributed by atoms with Gasteiger partial charge in [0.1, 0.15) is 5.82 Å². The number of aryl methyl sites for hydroxylation is 2. The number of nitrogens with one attached hydrogen (secondary N) is 2. The number of benzene rings is 2. The van der Waals surface area contributed by atoms with Gasteiger partial charge in [-0.1, -0.05) is 17.4 Å². The van der Waals surface area contributed by atoms with Gasteiger partial charge in [-0.15, -0.1) is 10.2 Å². The number of halogens is 1. The topological polar surface area (TPSA) is 104 Å². The molecule has 2 aromatic carbocycles. The molecule has 1 saturated heterocycles. The van der Waals surface area contributed by atoms with Crippen LogP contribution in [0.15, 0.2) is 42.5 Å². The highest BCUT2D eigenvalue weighted by Gasteiger charge is 2.28. The van der Waals surface area contributed by atoms with Gasteiger partial charge in [-0.2, -0.15) is 0 Å². The highest BCUT2D eigenvalue weighted by Crippen LogP contribution is 2.24. The van der Waals surface area contributed by atoms with Crippen molar-refractivity contribution in [3.63, 3.8) is 0 Å². The summed E-state index contributed by atoms with van der Waals surface area (Å²) in [5, 5.41) is 13.5. The van der Waals surface area contributed by atoms with E-state index in [4.69, 9.17) is 0 Å². The van der Waals surface area contributed by atoms with E-state index in [1.165, 1.54) is 24.3 Å². The van der Waals surface area contributed by atoms with Crippen LogP contribution in [0.5, 0.6) is 0 Å². The molecule has 0 unspecified atom stereocenters. The third kappa shape index (κ3) is 6.48. The van der Waals surface area contributed by atoms with Crippen LogP contribution in [0, 0.1) is 25.6 Å². The standard InChI is InChI=1S/C25H26FN5O3S/c1-15-11-16(2)13-20(12-15)27-21(32)14-17-7-9-31(10-8-17)25(34)24-30-29-23(35-24)22(33)28-19-5-3-18(26)4-6-19/h3-6,11-13,17H,7-10,14H2,1-2H3,(H,27,32)(H,28,33). The van der Waals surface area contributed by atoms with E-state index in [9.17, 15) is 18.8 Å². The molecule has 10 heteroatoms. The van der Waals surface area contributed by atoms with Gasteiger partial charge in [-0.25, -0.2) is 4.39 Å². The largest absolute Gasteiger partial charge is 0.337 e. The number of aromatic nitrogens is 2. The molecule has 0 bridgehead atoms. The van der Waals surface area contributed by atoms with Gasteiger partial charge in [0.2, 0.25) is 15.9 Å². The SMILES string of the molecule is Cc1cc(C)cc(NC(=O)CC2CCN(C(=O)c3nnc(C(=O)Nc4ccc(F)cc4)s3)CC2)c1. The van der Waals surface area contributed by atoms with Crippen molar-refractivity contribution >= 4 is 40.4 Å². The summed E-state index contributed by atoms with van der Waals surface area (Å²) >= 11 is 0.916. The predicted molar refractivity (Wildman–Crippen MR) is 132 cm³/mol. The first-order chi connectivity index (χ1) is 16.8. The third-order valence-corrected chi connectivity index (χ3v) is 6.70. The van der Waals surface area contributed by atoms with Gasteiger partial charge < -0.3 is 15.5 Å². The zero-order valence-electron chi connectivity index (χ0n) is 19.5. The molecule has 4 rings (SSSR count). The second-order valence-electron chi connectivity index (χ2n) is 8.74. The molecule has 2 heterocycles. The number of carbonyl (C=O) groups is 3. The number of anilines is 2. The molecular formula is C25H26FN5O3S. The van der Waals surface area contributed by atoms with E-state index in [1.54, 1.807) is 4.90 Å². The number of piperidine rings is 1. The quantitative estimate of drug-likeness (QED) is 0.527. The second kappa shape index (κ2) is 10.7. The highest BCUT2D eigenvalue weighted by atomic mass is 32.1. The van der Waals surface area contributed by atoms with E-state index in [0.717, 1.165) is 28.2 Å². The van der Waals surface area contributed by atoms with Crippen molar-refractivity contribution < 1.29 is 18.8 Å². The van der Waals surface area contributed by atoms with Crippen molar-refractivity contribution in [3.05, 3.63) is 69.4 Å². The Morgan fingerprint density at radius 2 is 1.57 bits per heavy atom. The first-order valence-electron chi connectivity index (χ1n) is 11.3. The minimum atomic E-state index is -0.512. The van der Waals surface area contributed by atoms with Crippen molar-refractivity contribution in [2.45, 2.75) is 33.1 Å². The molecule has 3 aromatic rings. The molecule has 0 atom stereocenters. The molecular weight excluding hydrogens is 469 g/mol. The van der Waals surface area contributed by atoms with Crippen LogP contribution >= 0.6 is 11.3 Å². The predicted octanol–water partition coefficient (Wildman–Crippen LogP) is 4.43. The molecule has 2 N–H and O–H groups in total. The van der Waals surface area contributed by atoms with E-state index >= 15 is 0 Å². The summed E-state index contributed by atoms with van der Waals surface area (Å²) in [4.78, 5) is 39.4. The average Bonchev–Trinajstić information content (AvgIpc) is 3.30.